The lowest BCUT2D eigenvalue weighted by Crippen LogP contribution is -2.28. The van der Waals surface area contributed by atoms with Gasteiger partial charge >= 0.3 is 6.36 Å². The number of rotatable bonds is 7. The van der Waals surface area contributed by atoms with Gasteiger partial charge in [-0.05, 0) is 24.7 Å². The second-order valence-corrected chi connectivity index (χ2v) is 5.06. The van der Waals surface area contributed by atoms with Crippen molar-refractivity contribution in [1.82, 2.24) is 4.90 Å². The van der Waals surface area contributed by atoms with Gasteiger partial charge in [0.2, 0.25) is 0 Å². The zero-order chi connectivity index (χ0) is 15.2. The second-order valence-electron chi connectivity index (χ2n) is 4.44. The lowest BCUT2D eigenvalue weighted by molar-refractivity contribution is -0.274. The van der Waals surface area contributed by atoms with E-state index in [0.29, 0.717) is 19.7 Å². The minimum absolute atomic E-state index is 0.127. The summed E-state index contributed by atoms with van der Waals surface area (Å²) < 4.78 is 44.8. The summed E-state index contributed by atoms with van der Waals surface area (Å²) in [6, 6.07) is 5.78. The van der Waals surface area contributed by atoms with E-state index in [2.05, 4.69) is 4.74 Å². The van der Waals surface area contributed by atoms with Gasteiger partial charge in [-0.1, -0.05) is 12.1 Å². The molecule has 20 heavy (non-hydrogen) atoms. The first-order chi connectivity index (χ1) is 9.30. The van der Waals surface area contributed by atoms with Crippen molar-refractivity contribution in [3.05, 3.63) is 29.8 Å². The molecule has 0 saturated heterocycles. The van der Waals surface area contributed by atoms with Gasteiger partial charge in [0.05, 0.1) is 12.0 Å². The van der Waals surface area contributed by atoms with Crippen LogP contribution in [-0.4, -0.2) is 43.9 Å². The summed E-state index contributed by atoms with van der Waals surface area (Å²) in [6.45, 7) is 1.65. The third-order valence-electron chi connectivity index (χ3n) is 2.47. The number of alkyl halides is 4. The Hall–Kier alpha value is -0.980. The highest BCUT2D eigenvalue weighted by Crippen LogP contribution is 2.23. The first-order valence-corrected chi connectivity index (χ1v) is 6.40. The van der Waals surface area contributed by atoms with Crippen LogP contribution < -0.4 is 4.74 Å². The number of halogens is 4. The van der Waals surface area contributed by atoms with Gasteiger partial charge in [-0.25, -0.2) is 0 Å². The van der Waals surface area contributed by atoms with Gasteiger partial charge < -0.3 is 14.4 Å². The first kappa shape index (κ1) is 17.1. The zero-order valence-electron chi connectivity index (χ0n) is 11.3. The Morgan fingerprint density at radius 2 is 1.85 bits per heavy atom. The number of hydrogen-bond donors (Lipinski definition) is 0. The van der Waals surface area contributed by atoms with E-state index in [-0.39, 0.29) is 11.1 Å². The SMILES string of the molecule is COCC(Cl)CN(C)Cc1ccc(OC(F)(F)F)cc1. The fourth-order valence-corrected chi connectivity index (χ4v) is 2.11. The van der Waals surface area contributed by atoms with Gasteiger partial charge in [-0.2, -0.15) is 0 Å². The molecule has 0 radical (unpaired) electrons. The molecule has 0 heterocycles. The molecule has 1 rings (SSSR count). The van der Waals surface area contributed by atoms with Gasteiger partial charge in [0.25, 0.3) is 0 Å². The van der Waals surface area contributed by atoms with Crippen molar-refractivity contribution in [3.63, 3.8) is 0 Å². The fourth-order valence-electron chi connectivity index (χ4n) is 1.74. The average Bonchev–Trinajstić information content (AvgIpc) is 2.30. The number of nitrogens with zero attached hydrogens (tertiary/aromatic N) is 1. The van der Waals surface area contributed by atoms with E-state index in [1.807, 2.05) is 11.9 Å². The van der Waals surface area contributed by atoms with Gasteiger partial charge in [-0.15, -0.1) is 24.8 Å². The summed E-state index contributed by atoms with van der Waals surface area (Å²) in [5.41, 5.74) is 0.878. The molecule has 3 nitrogen and oxygen atoms in total. The standard InChI is InChI=1S/C13H17ClF3NO2/c1-18(8-11(14)9-19-2)7-10-3-5-12(6-4-10)20-13(15,16)17/h3-6,11H,7-9H2,1-2H3. The number of ether oxygens (including phenoxy) is 2. The van der Waals surface area contributed by atoms with Gasteiger partial charge in [0, 0.05) is 20.2 Å². The van der Waals surface area contributed by atoms with Crippen molar-refractivity contribution in [2.45, 2.75) is 18.3 Å². The average molecular weight is 312 g/mol. The van der Waals surface area contributed by atoms with E-state index in [1.54, 1.807) is 19.2 Å². The van der Waals surface area contributed by atoms with E-state index >= 15 is 0 Å². The Morgan fingerprint density at radius 1 is 1.25 bits per heavy atom. The lowest BCUT2D eigenvalue weighted by atomic mass is 10.2. The molecule has 0 aromatic heterocycles. The molecular formula is C13H17ClF3NO2. The van der Waals surface area contributed by atoms with Gasteiger partial charge in [-0.3, -0.25) is 0 Å². The van der Waals surface area contributed by atoms with Crippen molar-refractivity contribution in [3.8, 4) is 5.75 Å². The monoisotopic (exact) mass is 311 g/mol. The molecule has 0 N–H and O–H groups in total. The molecule has 0 spiro atoms. The Bertz CT molecular complexity index is 398. The number of methoxy groups -OCH3 is 1. The van der Waals surface area contributed by atoms with Crippen LogP contribution in [0.2, 0.25) is 0 Å². The molecule has 1 atom stereocenters. The smallest absolute Gasteiger partial charge is 0.406 e. The minimum atomic E-state index is -4.66. The minimum Gasteiger partial charge on any atom is -0.406 e. The van der Waals surface area contributed by atoms with Crippen LogP contribution in [0.4, 0.5) is 13.2 Å². The van der Waals surface area contributed by atoms with Gasteiger partial charge in [0.15, 0.2) is 0 Å². The summed E-state index contributed by atoms with van der Waals surface area (Å²) in [5, 5.41) is -0.127. The third kappa shape index (κ3) is 6.98. The molecule has 1 aromatic rings. The number of hydrogen-bond acceptors (Lipinski definition) is 3. The third-order valence-corrected chi connectivity index (χ3v) is 2.73. The largest absolute Gasteiger partial charge is 0.573 e. The highest BCUT2D eigenvalue weighted by Gasteiger charge is 2.30. The van der Waals surface area contributed by atoms with Crippen LogP contribution in [-0.2, 0) is 11.3 Å². The van der Waals surface area contributed by atoms with Crippen LogP contribution in [0.1, 0.15) is 5.56 Å². The Labute approximate surface area is 121 Å². The fraction of sp³-hybridized carbons (Fsp3) is 0.538. The first-order valence-electron chi connectivity index (χ1n) is 5.96. The van der Waals surface area contributed by atoms with E-state index in [4.69, 9.17) is 16.3 Å². The maximum absolute atomic E-state index is 12.0. The number of benzene rings is 1. The van der Waals surface area contributed by atoms with Crippen LogP contribution in [0, 0.1) is 0 Å². The Morgan fingerprint density at radius 3 is 2.35 bits per heavy atom. The van der Waals surface area contributed by atoms with Crippen molar-refractivity contribution in [2.24, 2.45) is 0 Å². The van der Waals surface area contributed by atoms with Crippen LogP contribution in [0.25, 0.3) is 0 Å². The normalized spacial score (nSPS) is 13.6. The molecule has 0 fully saturated rings. The molecule has 1 aromatic carbocycles. The highest BCUT2D eigenvalue weighted by molar-refractivity contribution is 6.20. The highest BCUT2D eigenvalue weighted by atomic mass is 35.5. The molecule has 0 amide bonds. The van der Waals surface area contributed by atoms with Crippen LogP contribution in [0.3, 0.4) is 0 Å². The van der Waals surface area contributed by atoms with Crippen LogP contribution in [0.15, 0.2) is 24.3 Å². The van der Waals surface area contributed by atoms with E-state index in [1.165, 1.54) is 12.1 Å². The summed E-state index contributed by atoms with van der Waals surface area (Å²) in [5.74, 6) is -0.224. The predicted molar refractivity (Wildman–Crippen MR) is 71.0 cm³/mol. The molecule has 0 bridgehead atoms. The Balaban J connectivity index is 2.48. The molecular weight excluding hydrogens is 295 g/mol. The molecule has 0 saturated carbocycles. The summed E-state index contributed by atoms with van der Waals surface area (Å²) >= 11 is 6.03. The van der Waals surface area contributed by atoms with E-state index in [9.17, 15) is 13.2 Å². The molecule has 7 heteroatoms. The summed E-state index contributed by atoms with van der Waals surface area (Å²) in [7, 11) is 3.46. The maximum Gasteiger partial charge on any atom is 0.573 e. The summed E-state index contributed by atoms with van der Waals surface area (Å²) in [6.07, 6.45) is -4.66. The maximum atomic E-state index is 12.0. The van der Waals surface area contributed by atoms with E-state index < -0.39 is 6.36 Å². The summed E-state index contributed by atoms with van der Waals surface area (Å²) in [4.78, 5) is 1.97. The molecule has 0 aliphatic carbocycles. The van der Waals surface area contributed by atoms with Gasteiger partial charge in [0.1, 0.15) is 5.75 Å². The molecule has 0 aliphatic heterocycles. The molecule has 1 unspecified atom stereocenters. The molecule has 0 aliphatic rings. The lowest BCUT2D eigenvalue weighted by Gasteiger charge is -2.19. The quantitative estimate of drug-likeness (QED) is 0.721. The van der Waals surface area contributed by atoms with Crippen molar-refractivity contribution < 1.29 is 22.6 Å². The van der Waals surface area contributed by atoms with Crippen molar-refractivity contribution in [2.75, 3.05) is 27.3 Å². The van der Waals surface area contributed by atoms with Crippen molar-refractivity contribution >= 4 is 11.6 Å². The van der Waals surface area contributed by atoms with Crippen molar-refractivity contribution in [1.29, 1.82) is 0 Å². The topological polar surface area (TPSA) is 21.7 Å². The van der Waals surface area contributed by atoms with Crippen LogP contribution in [0.5, 0.6) is 5.75 Å². The zero-order valence-corrected chi connectivity index (χ0v) is 12.0. The predicted octanol–water partition coefficient (Wildman–Crippen LogP) is 3.27. The Kier molecular flexibility index (Phi) is 6.58. The molecule has 114 valence electrons. The van der Waals surface area contributed by atoms with E-state index in [0.717, 1.165) is 5.56 Å². The van der Waals surface area contributed by atoms with Crippen LogP contribution >= 0.6 is 11.6 Å². The second kappa shape index (κ2) is 7.71.